The highest BCUT2D eigenvalue weighted by atomic mass is 32.2. The van der Waals surface area contributed by atoms with E-state index >= 15 is 0 Å². The van der Waals surface area contributed by atoms with Crippen LogP contribution in [0.2, 0.25) is 0 Å². The van der Waals surface area contributed by atoms with Crippen molar-refractivity contribution in [3.63, 3.8) is 0 Å². The molecular formula is C10H13N5OS. The second-order valence-electron chi connectivity index (χ2n) is 3.53. The van der Waals surface area contributed by atoms with E-state index in [1.54, 1.807) is 17.9 Å². The fourth-order valence-electron chi connectivity index (χ4n) is 1.27. The highest BCUT2D eigenvalue weighted by molar-refractivity contribution is 7.99. The van der Waals surface area contributed by atoms with Gasteiger partial charge in [-0.15, -0.1) is 5.10 Å². The lowest BCUT2D eigenvalue weighted by Gasteiger charge is -2.07. The molecule has 0 fully saturated rings. The van der Waals surface area contributed by atoms with Crippen LogP contribution in [0.5, 0.6) is 0 Å². The molecule has 0 bridgehead atoms. The van der Waals surface area contributed by atoms with Gasteiger partial charge >= 0.3 is 0 Å². The van der Waals surface area contributed by atoms with E-state index in [9.17, 15) is 5.11 Å². The Bertz CT molecular complexity index is 484. The van der Waals surface area contributed by atoms with Crippen molar-refractivity contribution in [3.05, 3.63) is 24.0 Å². The van der Waals surface area contributed by atoms with Gasteiger partial charge in [0.2, 0.25) is 5.16 Å². The predicted octanol–water partition coefficient (Wildman–Crippen LogP) is 1.20. The van der Waals surface area contributed by atoms with Crippen molar-refractivity contribution in [1.29, 1.82) is 0 Å². The number of pyridine rings is 1. The Kier molecular flexibility index (Phi) is 3.70. The van der Waals surface area contributed by atoms with Crippen LogP contribution in [0.3, 0.4) is 0 Å². The number of rotatable bonds is 4. The molecule has 0 amide bonds. The van der Waals surface area contributed by atoms with E-state index in [-0.39, 0.29) is 0 Å². The number of hydrogen-bond donors (Lipinski definition) is 1. The first kappa shape index (κ1) is 12.0. The van der Waals surface area contributed by atoms with E-state index < -0.39 is 6.10 Å². The lowest BCUT2D eigenvalue weighted by atomic mass is 10.2. The monoisotopic (exact) mass is 251 g/mol. The van der Waals surface area contributed by atoms with Crippen LogP contribution in [0.4, 0.5) is 0 Å². The second kappa shape index (κ2) is 5.24. The third-order valence-corrected chi connectivity index (χ3v) is 3.28. The van der Waals surface area contributed by atoms with Gasteiger partial charge in [0, 0.05) is 18.1 Å². The maximum atomic E-state index is 9.62. The standard InChI is InChI=1S/C10H13N5OS/c1-3-9(16)8-5-4-7(6-11-8)17-10-12-13-14-15(10)2/h4-6,9,16H,3H2,1-2H3/t9-/m0/s1. The van der Waals surface area contributed by atoms with Gasteiger partial charge in [-0.3, -0.25) is 4.98 Å². The molecule has 0 radical (unpaired) electrons. The van der Waals surface area contributed by atoms with Crippen LogP contribution in [0.15, 0.2) is 28.4 Å². The number of tetrazole rings is 1. The molecule has 2 rings (SSSR count). The van der Waals surface area contributed by atoms with Gasteiger partial charge in [-0.05, 0) is 40.7 Å². The van der Waals surface area contributed by atoms with Crippen LogP contribution < -0.4 is 0 Å². The summed E-state index contributed by atoms with van der Waals surface area (Å²) < 4.78 is 1.60. The van der Waals surface area contributed by atoms with Crippen molar-refractivity contribution in [2.75, 3.05) is 0 Å². The van der Waals surface area contributed by atoms with E-state index in [1.807, 2.05) is 19.1 Å². The maximum Gasteiger partial charge on any atom is 0.213 e. The third kappa shape index (κ3) is 2.80. The topological polar surface area (TPSA) is 76.7 Å². The van der Waals surface area contributed by atoms with Crippen molar-refractivity contribution < 1.29 is 5.11 Å². The van der Waals surface area contributed by atoms with Crippen LogP contribution in [0, 0.1) is 0 Å². The lowest BCUT2D eigenvalue weighted by Crippen LogP contribution is -1.98. The molecule has 0 aliphatic rings. The SMILES string of the molecule is CC[C@H](O)c1ccc(Sc2nnnn2C)cn1. The van der Waals surface area contributed by atoms with Crippen molar-refractivity contribution >= 4 is 11.8 Å². The number of hydrogen-bond acceptors (Lipinski definition) is 6. The summed E-state index contributed by atoms with van der Waals surface area (Å²) in [7, 11) is 1.78. The summed E-state index contributed by atoms with van der Waals surface area (Å²) in [4.78, 5) is 5.15. The molecule has 0 saturated carbocycles. The average molecular weight is 251 g/mol. The smallest absolute Gasteiger partial charge is 0.213 e. The summed E-state index contributed by atoms with van der Waals surface area (Å²) in [5.74, 6) is 0. The summed E-state index contributed by atoms with van der Waals surface area (Å²) in [6.45, 7) is 1.92. The van der Waals surface area contributed by atoms with Crippen molar-refractivity contribution in [1.82, 2.24) is 25.2 Å². The molecule has 0 aliphatic heterocycles. The summed E-state index contributed by atoms with van der Waals surface area (Å²) in [6, 6.07) is 3.72. The summed E-state index contributed by atoms with van der Waals surface area (Å²) in [5, 5.41) is 21.5. The summed E-state index contributed by atoms with van der Waals surface area (Å²) >= 11 is 1.43. The fourth-order valence-corrected chi connectivity index (χ4v) is 1.97. The van der Waals surface area contributed by atoms with Crippen molar-refractivity contribution in [3.8, 4) is 0 Å². The number of aryl methyl sites for hydroxylation is 1. The normalized spacial score (nSPS) is 12.6. The number of aromatic nitrogens is 5. The first-order chi connectivity index (χ1) is 8.20. The second-order valence-corrected chi connectivity index (χ2v) is 4.57. The van der Waals surface area contributed by atoms with Gasteiger partial charge in [0.25, 0.3) is 0 Å². The molecule has 17 heavy (non-hydrogen) atoms. The molecule has 2 heterocycles. The van der Waals surface area contributed by atoms with Gasteiger partial charge in [0.1, 0.15) is 0 Å². The van der Waals surface area contributed by atoms with Gasteiger partial charge in [0.15, 0.2) is 0 Å². The molecule has 7 heteroatoms. The minimum atomic E-state index is -0.495. The Morgan fingerprint density at radius 2 is 2.29 bits per heavy atom. The van der Waals surface area contributed by atoms with Gasteiger partial charge in [0.05, 0.1) is 11.8 Å². The number of aliphatic hydroxyl groups is 1. The molecular weight excluding hydrogens is 238 g/mol. The van der Waals surface area contributed by atoms with Crippen LogP contribution in [-0.4, -0.2) is 30.3 Å². The minimum absolute atomic E-state index is 0.495. The van der Waals surface area contributed by atoms with Crippen LogP contribution >= 0.6 is 11.8 Å². The van der Waals surface area contributed by atoms with E-state index in [2.05, 4.69) is 20.5 Å². The molecule has 0 aliphatic carbocycles. The van der Waals surface area contributed by atoms with Crippen LogP contribution in [0.25, 0.3) is 0 Å². The van der Waals surface area contributed by atoms with Gasteiger partial charge in [-0.1, -0.05) is 6.92 Å². The van der Waals surface area contributed by atoms with E-state index in [0.29, 0.717) is 17.3 Å². The summed E-state index contributed by atoms with van der Waals surface area (Å²) in [5.41, 5.74) is 0.688. The molecule has 1 atom stereocenters. The minimum Gasteiger partial charge on any atom is -0.387 e. The van der Waals surface area contributed by atoms with Gasteiger partial charge in [-0.2, -0.15) is 0 Å². The first-order valence-corrected chi connectivity index (χ1v) is 6.06. The zero-order valence-electron chi connectivity index (χ0n) is 9.61. The predicted molar refractivity (Wildman–Crippen MR) is 62.4 cm³/mol. The first-order valence-electron chi connectivity index (χ1n) is 5.25. The largest absolute Gasteiger partial charge is 0.387 e. The highest BCUT2D eigenvalue weighted by Crippen LogP contribution is 2.25. The Hall–Kier alpha value is -1.47. The molecule has 2 aromatic heterocycles. The van der Waals surface area contributed by atoms with E-state index in [4.69, 9.17) is 0 Å². The van der Waals surface area contributed by atoms with Crippen molar-refractivity contribution in [2.45, 2.75) is 29.5 Å². The Morgan fingerprint density at radius 1 is 1.47 bits per heavy atom. The third-order valence-electron chi connectivity index (χ3n) is 2.28. The quantitative estimate of drug-likeness (QED) is 0.879. The Balaban J connectivity index is 2.11. The fraction of sp³-hybridized carbons (Fsp3) is 0.400. The summed E-state index contributed by atoms with van der Waals surface area (Å²) in [6.07, 6.45) is 1.88. The van der Waals surface area contributed by atoms with E-state index in [1.165, 1.54) is 11.8 Å². The number of nitrogens with zero attached hydrogens (tertiary/aromatic N) is 5. The van der Waals surface area contributed by atoms with Crippen LogP contribution in [0.1, 0.15) is 25.1 Å². The maximum absolute atomic E-state index is 9.62. The molecule has 6 nitrogen and oxygen atoms in total. The van der Waals surface area contributed by atoms with E-state index in [0.717, 1.165) is 4.90 Å². The highest BCUT2D eigenvalue weighted by Gasteiger charge is 2.08. The molecule has 90 valence electrons. The van der Waals surface area contributed by atoms with Crippen molar-refractivity contribution in [2.24, 2.45) is 7.05 Å². The molecule has 0 spiro atoms. The van der Waals surface area contributed by atoms with Gasteiger partial charge in [-0.25, -0.2) is 4.68 Å². The lowest BCUT2D eigenvalue weighted by molar-refractivity contribution is 0.169. The molecule has 2 aromatic rings. The zero-order valence-corrected chi connectivity index (χ0v) is 10.4. The van der Waals surface area contributed by atoms with Crippen LogP contribution in [-0.2, 0) is 7.05 Å². The Morgan fingerprint density at radius 3 is 2.82 bits per heavy atom. The molecule has 0 unspecified atom stereocenters. The average Bonchev–Trinajstić information content (AvgIpc) is 2.75. The Labute approximate surface area is 103 Å². The molecule has 0 aromatic carbocycles. The molecule has 0 saturated heterocycles. The molecule has 1 N–H and O–H groups in total. The number of aliphatic hydroxyl groups excluding tert-OH is 1. The van der Waals surface area contributed by atoms with Gasteiger partial charge < -0.3 is 5.11 Å². The zero-order chi connectivity index (χ0) is 12.3.